The van der Waals surface area contributed by atoms with Gasteiger partial charge in [0.25, 0.3) is 5.79 Å². The quantitative estimate of drug-likeness (QED) is 0.398. The Morgan fingerprint density at radius 1 is 1.21 bits per heavy atom. The molecule has 0 bridgehead atoms. The molecule has 1 aliphatic carbocycles. The number of hydrogen-bond acceptors (Lipinski definition) is 7. The fraction of sp³-hybridized carbons (Fsp3) is 0.833. The number of rotatable bonds is 0. The summed E-state index contributed by atoms with van der Waals surface area (Å²) in [7, 11) is -3.96. The molecule has 3 aliphatic rings. The Labute approximate surface area is 79.1 Å². The summed E-state index contributed by atoms with van der Waals surface area (Å²) in [6.45, 7) is 0. The van der Waals surface area contributed by atoms with Crippen molar-refractivity contribution in [2.45, 2.75) is 30.8 Å². The van der Waals surface area contributed by atoms with E-state index in [1.165, 1.54) is 0 Å². The molecule has 2 spiro atoms. The van der Waals surface area contributed by atoms with Crippen LogP contribution in [0.4, 0.5) is 0 Å². The van der Waals surface area contributed by atoms with Crippen molar-refractivity contribution in [1.82, 2.24) is 0 Å². The van der Waals surface area contributed by atoms with Crippen molar-refractivity contribution in [3.8, 4) is 0 Å². The van der Waals surface area contributed by atoms with Crippen molar-refractivity contribution in [2.24, 2.45) is 0 Å². The highest BCUT2D eigenvalue weighted by Crippen LogP contribution is 2.56. The maximum absolute atomic E-state index is 11.4. The van der Waals surface area contributed by atoms with Gasteiger partial charge in [0.1, 0.15) is 0 Å². The first-order valence-corrected chi connectivity index (χ1v) is 5.39. The third-order valence-electron chi connectivity index (χ3n) is 2.50. The highest BCUT2D eigenvalue weighted by atomic mass is 32.3. The summed E-state index contributed by atoms with van der Waals surface area (Å²) in [5.74, 6) is -3.55. The molecule has 2 aliphatic heterocycles. The van der Waals surface area contributed by atoms with Crippen LogP contribution in [-0.4, -0.2) is 25.8 Å². The average Bonchev–Trinajstić information content (AvgIpc) is 2.77. The van der Waals surface area contributed by atoms with Crippen LogP contribution in [-0.2, 0) is 33.3 Å². The van der Waals surface area contributed by atoms with Crippen LogP contribution in [0.15, 0.2) is 0 Å². The number of carbonyl (C=O) groups excluding carboxylic acids is 1. The normalized spacial score (nSPS) is 35.6. The minimum atomic E-state index is -3.96. The van der Waals surface area contributed by atoms with Gasteiger partial charge in [-0.2, -0.15) is 18.2 Å². The van der Waals surface area contributed by atoms with Crippen LogP contribution in [0.5, 0.6) is 0 Å². The van der Waals surface area contributed by atoms with Crippen LogP contribution < -0.4 is 0 Å². The van der Waals surface area contributed by atoms with Crippen molar-refractivity contribution in [1.29, 1.82) is 0 Å². The summed E-state index contributed by atoms with van der Waals surface area (Å²) in [5, 5.41) is 0. The second-order valence-electron chi connectivity index (χ2n) is 3.39. The predicted molar refractivity (Wildman–Crippen MR) is 37.6 cm³/mol. The van der Waals surface area contributed by atoms with E-state index in [9.17, 15) is 13.2 Å². The molecule has 0 unspecified atom stereocenters. The van der Waals surface area contributed by atoms with E-state index >= 15 is 0 Å². The molecule has 3 fully saturated rings. The molecule has 8 heteroatoms. The highest BCUT2D eigenvalue weighted by Gasteiger charge is 2.81. The van der Waals surface area contributed by atoms with Gasteiger partial charge in [0, 0.05) is 12.8 Å². The first kappa shape index (κ1) is 8.74. The second kappa shape index (κ2) is 2.17. The molecule has 0 amide bonds. The van der Waals surface area contributed by atoms with E-state index in [1.54, 1.807) is 0 Å². The van der Waals surface area contributed by atoms with Gasteiger partial charge >= 0.3 is 16.2 Å². The fourth-order valence-electron chi connectivity index (χ4n) is 1.81. The lowest BCUT2D eigenvalue weighted by Crippen LogP contribution is -2.64. The van der Waals surface area contributed by atoms with Gasteiger partial charge in [-0.25, -0.2) is 8.37 Å². The second-order valence-corrected chi connectivity index (χ2v) is 4.54. The molecule has 0 aromatic heterocycles. The van der Waals surface area contributed by atoms with E-state index in [-0.39, 0.29) is 18.6 Å². The van der Waals surface area contributed by atoms with Crippen LogP contribution in [0, 0.1) is 0 Å². The Balaban J connectivity index is 1.97. The number of fused-ring (bicyclic) bond motifs is 1. The molecule has 0 aromatic carbocycles. The first-order valence-electron chi connectivity index (χ1n) is 4.06. The predicted octanol–water partition coefficient (Wildman–Crippen LogP) is -0.615. The summed E-state index contributed by atoms with van der Waals surface area (Å²) < 4.78 is 30.6. The third-order valence-corrected chi connectivity index (χ3v) is 3.45. The van der Waals surface area contributed by atoms with E-state index in [0.717, 1.165) is 0 Å². The van der Waals surface area contributed by atoms with Crippen molar-refractivity contribution in [3.05, 3.63) is 0 Å². The van der Waals surface area contributed by atoms with Crippen LogP contribution in [0.2, 0.25) is 0 Å². The largest absolute Gasteiger partial charge is 0.405 e. The summed E-state index contributed by atoms with van der Waals surface area (Å²) >= 11 is 0. The zero-order valence-corrected chi connectivity index (χ0v) is 7.70. The van der Waals surface area contributed by atoms with Gasteiger partial charge < -0.3 is 0 Å². The van der Waals surface area contributed by atoms with Crippen molar-refractivity contribution >= 4 is 16.2 Å². The van der Waals surface area contributed by atoms with Crippen molar-refractivity contribution in [3.63, 3.8) is 0 Å². The molecule has 14 heavy (non-hydrogen) atoms. The van der Waals surface area contributed by atoms with Gasteiger partial charge in [0.15, 0.2) is 0 Å². The molecular weight excluding hydrogens is 216 g/mol. The lowest BCUT2D eigenvalue weighted by Gasteiger charge is -2.41. The van der Waals surface area contributed by atoms with E-state index in [4.69, 9.17) is 0 Å². The minimum absolute atomic E-state index is 0.262. The van der Waals surface area contributed by atoms with Gasteiger partial charge in [-0.05, 0) is 6.42 Å². The maximum atomic E-state index is 11.4. The maximum Gasteiger partial charge on any atom is 0.405 e. The summed E-state index contributed by atoms with van der Waals surface area (Å²) in [5.41, 5.74) is 0. The number of hydrogen-bond donors (Lipinski definition) is 0. The highest BCUT2D eigenvalue weighted by molar-refractivity contribution is 7.82. The molecule has 0 aromatic rings. The molecule has 1 saturated carbocycles. The standard InChI is InChI=1S/C6H6O7S/c7-4-2-1-3-5(6(4)10-11-6)12-14(8,9)13-5/h1-3H2. The topological polar surface area (TPSA) is 94.7 Å². The zero-order valence-electron chi connectivity index (χ0n) is 6.89. The van der Waals surface area contributed by atoms with Crippen molar-refractivity contribution < 1.29 is 31.4 Å². The van der Waals surface area contributed by atoms with E-state index in [0.29, 0.717) is 6.42 Å². The van der Waals surface area contributed by atoms with Crippen molar-refractivity contribution in [2.75, 3.05) is 0 Å². The Hall–Kier alpha value is -0.540. The van der Waals surface area contributed by atoms with Gasteiger partial charge in [0.05, 0.1) is 0 Å². The van der Waals surface area contributed by atoms with Crippen LogP contribution >= 0.6 is 0 Å². The monoisotopic (exact) mass is 222 g/mol. The Kier molecular flexibility index (Phi) is 1.36. The van der Waals surface area contributed by atoms with E-state index < -0.39 is 22.0 Å². The molecule has 0 radical (unpaired) electrons. The third kappa shape index (κ3) is 0.848. The Morgan fingerprint density at radius 3 is 2.36 bits per heavy atom. The minimum Gasteiger partial charge on any atom is -0.293 e. The van der Waals surface area contributed by atoms with Gasteiger partial charge in [0.2, 0.25) is 5.78 Å². The van der Waals surface area contributed by atoms with Crippen LogP contribution in [0.1, 0.15) is 19.3 Å². The van der Waals surface area contributed by atoms with Gasteiger partial charge in [-0.15, -0.1) is 0 Å². The molecular formula is C6H6O7S. The Morgan fingerprint density at radius 2 is 1.86 bits per heavy atom. The SMILES string of the molecule is O=C1CCCC2(OS(=O)(=O)O2)C12OO2. The van der Waals surface area contributed by atoms with Gasteiger partial charge in [-0.1, -0.05) is 0 Å². The molecule has 78 valence electrons. The molecule has 0 atom stereocenters. The molecule has 2 saturated heterocycles. The van der Waals surface area contributed by atoms with E-state index in [1.807, 2.05) is 0 Å². The Bertz CT molecular complexity index is 394. The molecule has 3 rings (SSSR count). The molecule has 0 N–H and O–H groups in total. The number of carbonyl (C=O) groups is 1. The fourth-order valence-corrected chi connectivity index (χ4v) is 2.87. The number of Topliss-reactive ketones (excluding diaryl/α,β-unsaturated/α-hetero) is 1. The first-order chi connectivity index (χ1) is 6.50. The van der Waals surface area contributed by atoms with Gasteiger partial charge in [-0.3, -0.25) is 4.79 Å². The lowest BCUT2D eigenvalue weighted by atomic mass is 9.88. The summed E-state index contributed by atoms with van der Waals surface area (Å²) in [4.78, 5) is 20.5. The smallest absolute Gasteiger partial charge is 0.293 e. The number of ketones is 1. The summed E-state index contributed by atoms with van der Waals surface area (Å²) in [6, 6.07) is 0. The summed E-state index contributed by atoms with van der Waals surface area (Å²) in [6.07, 6.45) is 1.02. The zero-order chi connectivity index (χ0) is 10.0. The lowest BCUT2D eigenvalue weighted by molar-refractivity contribution is -0.242. The van der Waals surface area contributed by atoms with E-state index in [2.05, 4.69) is 18.1 Å². The molecule has 7 nitrogen and oxygen atoms in total. The van der Waals surface area contributed by atoms with Crippen LogP contribution in [0.3, 0.4) is 0 Å². The molecule has 2 heterocycles. The average molecular weight is 222 g/mol. The van der Waals surface area contributed by atoms with Crippen LogP contribution in [0.25, 0.3) is 0 Å².